The number of amides is 2. The van der Waals surface area contributed by atoms with E-state index in [1.807, 2.05) is 28.0 Å². The van der Waals surface area contributed by atoms with Gasteiger partial charge in [0.05, 0.1) is 12.5 Å². The molecule has 1 aromatic rings. The molecular weight excluding hydrogens is 462 g/mol. The van der Waals surface area contributed by atoms with Crippen molar-refractivity contribution in [3.8, 4) is 11.5 Å². The number of nitrogens with zero attached hydrogens (tertiary/aromatic N) is 3. The van der Waals surface area contributed by atoms with E-state index in [2.05, 4.69) is 13.8 Å². The monoisotopic (exact) mass is 501 g/mol. The molecule has 0 saturated carbocycles. The van der Waals surface area contributed by atoms with Crippen LogP contribution in [-0.4, -0.2) is 89.7 Å². The summed E-state index contributed by atoms with van der Waals surface area (Å²) in [7, 11) is 0. The lowest BCUT2D eigenvalue weighted by atomic mass is 9.85. The zero-order chi connectivity index (χ0) is 25.7. The second kappa shape index (κ2) is 12.0. The summed E-state index contributed by atoms with van der Waals surface area (Å²) >= 11 is 0. The maximum absolute atomic E-state index is 13.5. The number of rotatable bonds is 12. The number of aliphatic carboxylic acids is 1. The van der Waals surface area contributed by atoms with Crippen LogP contribution >= 0.6 is 0 Å². The largest absolute Gasteiger partial charge is 0.481 e. The van der Waals surface area contributed by atoms with Crippen molar-refractivity contribution < 1.29 is 29.0 Å². The summed E-state index contributed by atoms with van der Waals surface area (Å²) < 4.78 is 11.0. The Morgan fingerprint density at radius 2 is 1.83 bits per heavy atom. The SMILES string of the molecule is CCCCN(CCCC)C(=O)CN1C[C@H](c2ccc3c(c2)OCO3)C(C(=O)O)[C@@H]1CN1CCCC1=O. The predicted octanol–water partition coefficient (Wildman–Crippen LogP) is 2.94. The first-order chi connectivity index (χ1) is 17.4. The zero-order valence-electron chi connectivity index (χ0n) is 21.5. The molecule has 3 aliphatic heterocycles. The summed E-state index contributed by atoms with van der Waals surface area (Å²) in [6.45, 7) is 7.36. The minimum atomic E-state index is -0.905. The van der Waals surface area contributed by atoms with E-state index in [1.165, 1.54) is 0 Å². The van der Waals surface area contributed by atoms with E-state index >= 15 is 0 Å². The van der Waals surface area contributed by atoms with Gasteiger partial charge in [-0.25, -0.2) is 0 Å². The van der Waals surface area contributed by atoms with Crippen LogP contribution in [0, 0.1) is 5.92 Å². The summed E-state index contributed by atoms with van der Waals surface area (Å²) in [6.07, 6.45) is 5.18. The van der Waals surface area contributed by atoms with Gasteiger partial charge in [-0.3, -0.25) is 19.3 Å². The third-order valence-corrected chi connectivity index (χ3v) is 7.69. The number of fused-ring (bicyclic) bond motifs is 1. The highest BCUT2D eigenvalue weighted by Crippen LogP contribution is 2.42. The topological polar surface area (TPSA) is 99.6 Å². The lowest BCUT2D eigenvalue weighted by Crippen LogP contribution is -2.49. The highest BCUT2D eigenvalue weighted by atomic mass is 16.7. The summed E-state index contributed by atoms with van der Waals surface area (Å²) in [5, 5.41) is 10.4. The Hall–Kier alpha value is -2.81. The van der Waals surface area contributed by atoms with E-state index in [-0.39, 0.29) is 31.1 Å². The standard InChI is InChI=1S/C27H39N3O6/c1-3-5-11-28(12-6-4-2)25(32)17-30-15-20(19-9-10-22-23(14-19)36-18-35-22)26(27(33)34)21(30)16-29-13-7-8-24(29)31/h9-10,14,20-21,26H,3-8,11-13,15-18H2,1-2H3,(H,33,34)/t20-,21+,26?/m1/s1. The normalized spacial score (nSPS) is 23.4. The number of benzene rings is 1. The van der Waals surface area contributed by atoms with Crippen LogP contribution in [0.5, 0.6) is 11.5 Å². The Kier molecular flexibility index (Phi) is 8.72. The van der Waals surface area contributed by atoms with Crippen LogP contribution in [0.4, 0.5) is 0 Å². The van der Waals surface area contributed by atoms with Gasteiger partial charge in [-0.1, -0.05) is 32.8 Å². The second-order valence-corrected chi connectivity index (χ2v) is 10.1. The van der Waals surface area contributed by atoms with Gasteiger partial charge in [-0.05, 0) is 37.0 Å². The summed E-state index contributed by atoms with van der Waals surface area (Å²) in [6, 6.07) is 5.14. The molecule has 9 nitrogen and oxygen atoms in total. The first kappa shape index (κ1) is 26.3. The van der Waals surface area contributed by atoms with Crippen LogP contribution in [0.1, 0.15) is 63.9 Å². The zero-order valence-corrected chi connectivity index (χ0v) is 21.5. The van der Waals surface area contributed by atoms with Crippen LogP contribution in [-0.2, 0) is 14.4 Å². The van der Waals surface area contributed by atoms with Crippen molar-refractivity contribution in [1.82, 2.24) is 14.7 Å². The van der Waals surface area contributed by atoms with Crippen molar-refractivity contribution in [3.05, 3.63) is 23.8 Å². The minimum Gasteiger partial charge on any atom is -0.481 e. The van der Waals surface area contributed by atoms with Crippen LogP contribution in [0.3, 0.4) is 0 Å². The highest BCUT2D eigenvalue weighted by Gasteiger charge is 2.48. The molecule has 1 N–H and O–H groups in total. The van der Waals surface area contributed by atoms with Crippen molar-refractivity contribution in [3.63, 3.8) is 0 Å². The van der Waals surface area contributed by atoms with E-state index in [0.717, 1.165) is 37.7 Å². The molecule has 0 aromatic heterocycles. The molecule has 4 rings (SSSR count). The molecule has 0 bridgehead atoms. The number of likely N-dealkylation sites (tertiary alicyclic amines) is 2. The summed E-state index contributed by atoms with van der Waals surface area (Å²) in [5.74, 6) is -0.619. The third-order valence-electron chi connectivity index (χ3n) is 7.69. The number of carbonyl (C=O) groups excluding carboxylic acids is 2. The molecule has 1 aromatic carbocycles. The molecule has 2 amide bonds. The first-order valence-electron chi connectivity index (χ1n) is 13.3. The molecule has 2 fully saturated rings. The van der Waals surface area contributed by atoms with E-state index in [4.69, 9.17) is 9.47 Å². The molecule has 3 atom stereocenters. The molecule has 0 aliphatic carbocycles. The van der Waals surface area contributed by atoms with E-state index < -0.39 is 17.9 Å². The predicted molar refractivity (Wildman–Crippen MR) is 134 cm³/mol. The smallest absolute Gasteiger partial charge is 0.308 e. The molecular formula is C27H39N3O6. The molecule has 0 spiro atoms. The Morgan fingerprint density at radius 3 is 2.47 bits per heavy atom. The Bertz CT molecular complexity index is 945. The number of ether oxygens (including phenoxy) is 2. The van der Waals surface area contributed by atoms with Gasteiger partial charge in [0.15, 0.2) is 11.5 Å². The van der Waals surface area contributed by atoms with Crippen LogP contribution in [0.15, 0.2) is 18.2 Å². The molecule has 198 valence electrons. The second-order valence-electron chi connectivity index (χ2n) is 10.1. The lowest BCUT2D eigenvalue weighted by molar-refractivity contribution is -0.144. The van der Waals surface area contributed by atoms with Crippen molar-refractivity contribution in [2.75, 3.05) is 46.1 Å². The van der Waals surface area contributed by atoms with Gasteiger partial charge in [-0.2, -0.15) is 0 Å². The quantitative estimate of drug-likeness (QED) is 0.470. The number of carbonyl (C=O) groups is 3. The van der Waals surface area contributed by atoms with Gasteiger partial charge in [0.25, 0.3) is 0 Å². The molecule has 36 heavy (non-hydrogen) atoms. The van der Waals surface area contributed by atoms with Gasteiger partial charge in [-0.15, -0.1) is 0 Å². The summed E-state index contributed by atoms with van der Waals surface area (Å²) in [5.41, 5.74) is 0.855. The molecule has 9 heteroatoms. The van der Waals surface area contributed by atoms with E-state index in [9.17, 15) is 19.5 Å². The maximum atomic E-state index is 13.5. The molecule has 0 radical (unpaired) electrons. The van der Waals surface area contributed by atoms with Crippen molar-refractivity contribution in [2.24, 2.45) is 5.92 Å². The number of carboxylic acid groups (broad SMARTS) is 1. The minimum absolute atomic E-state index is 0.0325. The van der Waals surface area contributed by atoms with E-state index in [0.29, 0.717) is 50.6 Å². The fraction of sp³-hybridized carbons (Fsp3) is 0.667. The Morgan fingerprint density at radius 1 is 1.11 bits per heavy atom. The fourth-order valence-corrected chi connectivity index (χ4v) is 5.66. The number of hydrogen-bond donors (Lipinski definition) is 1. The third kappa shape index (κ3) is 5.77. The molecule has 1 unspecified atom stereocenters. The Balaban J connectivity index is 1.60. The van der Waals surface area contributed by atoms with Crippen molar-refractivity contribution in [1.29, 1.82) is 0 Å². The van der Waals surface area contributed by atoms with Gasteiger partial charge in [0, 0.05) is 51.1 Å². The van der Waals surface area contributed by atoms with Crippen LogP contribution in [0.25, 0.3) is 0 Å². The average Bonchev–Trinajstić information content (AvgIpc) is 3.58. The van der Waals surface area contributed by atoms with Gasteiger partial charge >= 0.3 is 5.97 Å². The van der Waals surface area contributed by atoms with Gasteiger partial charge in [0.2, 0.25) is 18.6 Å². The van der Waals surface area contributed by atoms with Gasteiger partial charge < -0.3 is 24.4 Å². The number of unbranched alkanes of at least 4 members (excludes halogenated alkanes) is 2. The number of hydrogen-bond acceptors (Lipinski definition) is 6. The van der Waals surface area contributed by atoms with Gasteiger partial charge in [0.1, 0.15) is 0 Å². The maximum Gasteiger partial charge on any atom is 0.308 e. The first-order valence-corrected chi connectivity index (χ1v) is 13.3. The Labute approximate surface area is 213 Å². The van der Waals surface area contributed by atoms with Crippen molar-refractivity contribution >= 4 is 17.8 Å². The molecule has 3 aliphatic rings. The highest BCUT2D eigenvalue weighted by molar-refractivity contribution is 5.80. The van der Waals surface area contributed by atoms with Crippen LogP contribution in [0.2, 0.25) is 0 Å². The average molecular weight is 502 g/mol. The molecule has 2 saturated heterocycles. The van der Waals surface area contributed by atoms with Crippen LogP contribution < -0.4 is 9.47 Å². The summed E-state index contributed by atoms with van der Waals surface area (Å²) in [4.78, 5) is 44.3. The fourth-order valence-electron chi connectivity index (χ4n) is 5.66. The van der Waals surface area contributed by atoms with E-state index in [1.54, 1.807) is 4.90 Å². The number of carboxylic acids is 1. The van der Waals surface area contributed by atoms with Crippen molar-refractivity contribution in [2.45, 2.75) is 64.3 Å². The molecule has 3 heterocycles. The lowest BCUT2D eigenvalue weighted by Gasteiger charge is -2.32.